The van der Waals surface area contributed by atoms with Crippen LogP contribution in [0.25, 0.3) is 27.7 Å². The zero-order valence-corrected chi connectivity index (χ0v) is 14.2. The van der Waals surface area contributed by atoms with E-state index in [2.05, 4.69) is 10.1 Å². The summed E-state index contributed by atoms with van der Waals surface area (Å²) < 4.78 is 16.2. The van der Waals surface area contributed by atoms with Crippen LogP contribution in [-0.2, 0) is 11.3 Å². The van der Waals surface area contributed by atoms with E-state index in [4.69, 9.17) is 5.11 Å². The Balaban J connectivity index is 1.78. The summed E-state index contributed by atoms with van der Waals surface area (Å²) in [6, 6.07) is 7.80. The van der Waals surface area contributed by atoms with E-state index in [1.54, 1.807) is 35.1 Å². The maximum absolute atomic E-state index is 13.2. The largest absolute Gasteiger partial charge is 0.481 e. The molecule has 136 valence electrons. The summed E-state index contributed by atoms with van der Waals surface area (Å²) in [6.45, 7) is 0.318. The van der Waals surface area contributed by atoms with E-state index < -0.39 is 5.97 Å². The average Bonchev–Trinajstić information content (AvgIpc) is 3.08. The van der Waals surface area contributed by atoms with Gasteiger partial charge in [0.05, 0.1) is 17.1 Å². The van der Waals surface area contributed by atoms with Gasteiger partial charge in [0.25, 0.3) is 5.56 Å². The summed E-state index contributed by atoms with van der Waals surface area (Å²) in [7, 11) is 0. The minimum atomic E-state index is -0.892. The molecule has 0 bridgehead atoms. The highest BCUT2D eigenvalue weighted by atomic mass is 19.1. The van der Waals surface area contributed by atoms with E-state index in [0.717, 1.165) is 11.1 Å². The highest BCUT2D eigenvalue weighted by molar-refractivity contribution is 5.84. The number of fused-ring (bicyclic) bond motifs is 3. The van der Waals surface area contributed by atoms with Crippen molar-refractivity contribution in [2.75, 3.05) is 0 Å². The first-order valence-corrected chi connectivity index (χ1v) is 8.38. The van der Waals surface area contributed by atoms with Crippen molar-refractivity contribution >= 4 is 22.5 Å². The number of aryl methyl sites for hydroxylation is 1. The van der Waals surface area contributed by atoms with Gasteiger partial charge in [-0.1, -0.05) is 12.1 Å². The van der Waals surface area contributed by atoms with Gasteiger partial charge < -0.3 is 9.67 Å². The van der Waals surface area contributed by atoms with Crippen molar-refractivity contribution in [3.05, 3.63) is 65.1 Å². The summed E-state index contributed by atoms with van der Waals surface area (Å²) >= 11 is 0. The summed E-state index contributed by atoms with van der Waals surface area (Å²) in [6.07, 6.45) is 5.13. The number of pyridine rings is 1. The Labute approximate surface area is 152 Å². The highest BCUT2D eigenvalue weighted by Crippen LogP contribution is 2.25. The zero-order chi connectivity index (χ0) is 19.0. The third kappa shape index (κ3) is 3.05. The summed E-state index contributed by atoms with van der Waals surface area (Å²) in [5.41, 5.74) is 2.44. The fourth-order valence-electron chi connectivity index (χ4n) is 3.07. The highest BCUT2D eigenvalue weighted by Gasteiger charge is 2.13. The second-order valence-corrected chi connectivity index (χ2v) is 6.17. The molecular weight excluding hydrogens is 351 g/mol. The molecule has 0 atom stereocenters. The maximum Gasteiger partial charge on any atom is 0.303 e. The molecule has 1 N–H and O–H groups in total. The molecule has 8 heteroatoms. The molecule has 0 unspecified atom stereocenters. The minimum absolute atomic E-state index is 0.00193. The number of aliphatic carboxylic acids is 1. The molecule has 0 aliphatic carbocycles. The molecule has 3 aromatic heterocycles. The number of halogens is 1. The Morgan fingerprint density at radius 3 is 2.67 bits per heavy atom. The maximum atomic E-state index is 13.2. The standard InChI is InChI=1S/C19H15FN4O3/c20-13-5-3-12(4-6-13)14-11-22-24-16-7-9-23(8-1-2-17(25)26)19(27)15(16)10-21-18(14)24/h3-7,9-11H,1-2,8H2,(H,25,26). The van der Waals surface area contributed by atoms with Crippen LogP contribution in [-0.4, -0.2) is 30.2 Å². The van der Waals surface area contributed by atoms with Gasteiger partial charge in [-0.15, -0.1) is 0 Å². The number of hydrogen-bond donors (Lipinski definition) is 1. The number of benzene rings is 1. The first-order valence-electron chi connectivity index (χ1n) is 8.38. The molecule has 0 saturated carbocycles. The molecule has 4 aromatic rings. The number of rotatable bonds is 5. The summed E-state index contributed by atoms with van der Waals surface area (Å²) in [4.78, 5) is 27.7. The first kappa shape index (κ1) is 16.9. The van der Waals surface area contributed by atoms with Crippen LogP contribution >= 0.6 is 0 Å². The second-order valence-electron chi connectivity index (χ2n) is 6.17. The van der Waals surface area contributed by atoms with Crippen molar-refractivity contribution in [3.8, 4) is 11.1 Å². The molecule has 0 radical (unpaired) electrons. The van der Waals surface area contributed by atoms with Crippen molar-refractivity contribution < 1.29 is 14.3 Å². The smallest absolute Gasteiger partial charge is 0.303 e. The van der Waals surface area contributed by atoms with Gasteiger partial charge in [0.2, 0.25) is 0 Å². The Morgan fingerprint density at radius 1 is 1.15 bits per heavy atom. The molecule has 4 rings (SSSR count). The van der Waals surface area contributed by atoms with Gasteiger partial charge in [-0.25, -0.2) is 13.9 Å². The number of aromatic nitrogens is 4. The Morgan fingerprint density at radius 2 is 1.93 bits per heavy atom. The van der Waals surface area contributed by atoms with E-state index in [1.807, 2.05) is 0 Å². The van der Waals surface area contributed by atoms with Crippen molar-refractivity contribution in [1.29, 1.82) is 0 Å². The third-order valence-corrected chi connectivity index (χ3v) is 4.41. The van der Waals surface area contributed by atoms with Gasteiger partial charge in [-0.3, -0.25) is 9.59 Å². The molecule has 27 heavy (non-hydrogen) atoms. The van der Waals surface area contributed by atoms with Crippen LogP contribution in [0.3, 0.4) is 0 Å². The molecule has 1 aromatic carbocycles. The quantitative estimate of drug-likeness (QED) is 0.587. The third-order valence-electron chi connectivity index (χ3n) is 4.41. The van der Waals surface area contributed by atoms with Crippen LogP contribution < -0.4 is 5.56 Å². The van der Waals surface area contributed by atoms with Crippen LogP contribution in [0.15, 0.2) is 53.7 Å². The van der Waals surface area contributed by atoms with Crippen LogP contribution in [0.2, 0.25) is 0 Å². The summed E-state index contributed by atoms with van der Waals surface area (Å²) in [5, 5.41) is 13.5. The number of carbonyl (C=O) groups is 1. The lowest BCUT2D eigenvalue weighted by Crippen LogP contribution is -2.21. The lowest BCUT2D eigenvalue weighted by Gasteiger charge is -2.07. The molecule has 0 aliphatic rings. The predicted octanol–water partition coefficient (Wildman–Crippen LogP) is 2.72. The van der Waals surface area contributed by atoms with Crippen LogP contribution in [0.5, 0.6) is 0 Å². The number of carboxylic acids is 1. The van der Waals surface area contributed by atoms with Crippen molar-refractivity contribution in [2.24, 2.45) is 0 Å². The molecule has 0 fully saturated rings. The summed E-state index contributed by atoms with van der Waals surface area (Å²) in [5.74, 6) is -1.21. The normalized spacial score (nSPS) is 11.3. The number of carboxylic acid groups (broad SMARTS) is 1. The monoisotopic (exact) mass is 366 g/mol. The Hall–Kier alpha value is -3.55. The zero-order valence-electron chi connectivity index (χ0n) is 14.2. The van der Waals surface area contributed by atoms with Crippen LogP contribution in [0, 0.1) is 5.82 Å². The molecule has 3 heterocycles. The minimum Gasteiger partial charge on any atom is -0.481 e. The lowest BCUT2D eigenvalue weighted by atomic mass is 10.1. The molecule has 0 saturated heterocycles. The molecule has 7 nitrogen and oxygen atoms in total. The van der Waals surface area contributed by atoms with Crippen molar-refractivity contribution in [1.82, 2.24) is 19.2 Å². The molecule has 0 amide bonds. The molecular formula is C19H15FN4O3. The molecule has 0 spiro atoms. The molecule has 0 aliphatic heterocycles. The van der Waals surface area contributed by atoms with Gasteiger partial charge in [-0.2, -0.15) is 5.10 Å². The Bertz CT molecular complexity index is 1210. The fraction of sp³-hybridized carbons (Fsp3) is 0.158. The number of hydrogen-bond acceptors (Lipinski definition) is 4. The fourth-order valence-corrected chi connectivity index (χ4v) is 3.07. The topological polar surface area (TPSA) is 89.5 Å². The van der Waals surface area contributed by atoms with Crippen molar-refractivity contribution in [2.45, 2.75) is 19.4 Å². The average molecular weight is 366 g/mol. The van der Waals surface area contributed by atoms with Gasteiger partial charge in [-0.05, 0) is 30.2 Å². The van der Waals surface area contributed by atoms with Gasteiger partial charge >= 0.3 is 5.97 Å². The van der Waals surface area contributed by atoms with E-state index in [-0.39, 0.29) is 17.8 Å². The van der Waals surface area contributed by atoms with E-state index in [9.17, 15) is 14.0 Å². The van der Waals surface area contributed by atoms with E-state index in [0.29, 0.717) is 29.5 Å². The SMILES string of the molecule is O=C(O)CCCn1ccc2c(cnc3c(-c4ccc(F)cc4)cnn32)c1=O. The lowest BCUT2D eigenvalue weighted by molar-refractivity contribution is -0.137. The van der Waals surface area contributed by atoms with E-state index >= 15 is 0 Å². The van der Waals surface area contributed by atoms with Crippen LogP contribution in [0.1, 0.15) is 12.8 Å². The first-order chi connectivity index (χ1) is 13.0. The van der Waals surface area contributed by atoms with Crippen molar-refractivity contribution in [3.63, 3.8) is 0 Å². The van der Waals surface area contributed by atoms with Gasteiger partial charge in [0, 0.05) is 30.9 Å². The predicted molar refractivity (Wildman–Crippen MR) is 97.0 cm³/mol. The second kappa shape index (κ2) is 6.64. The van der Waals surface area contributed by atoms with E-state index in [1.165, 1.54) is 22.9 Å². The van der Waals surface area contributed by atoms with Gasteiger partial charge in [0.1, 0.15) is 5.82 Å². The Kier molecular flexibility index (Phi) is 4.15. The van der Waals surface area contributed by atoms with Gasteiger partial charge in [0.15, 0.2) is 5.65 Å². The van der Waals surface area contributed by atoms with Crippen LogP contribution in [0.4, 0.5) is 4.39 Å². The number of nitrogens with zero attached hydrogens (tertiary/aromatic N) is 4.